The third kappa shape index (κ3) is 4.37. The van der Waals surface area contributed by atoms with Crippen molar-refractivity contribution in [2.45, 2.75) is 0 Å². The predicted octanol–water partition coefficient (Wildman–Crippen LogP) is 4.51. The molecular formula is C19H12F4N2O4. The third-order valence-corrected chi connectivity index (χ3v) is 3.61. The Labute approximate surface area is 161 Å². The highest BCUT2D eigenvalue weighted by Gasteiger charge is 2.19. The first kappa shape index (κ1) is 19.9. The molecule has 6 nitrogen and oxygen atoms in total. The summed E-state index contributed by atoms with van der Waals surface area (Å²) < 4.78 is 68.8. The number of hydrazone groups is 1. The van der Waals surface area contributed by atoms with Gasteiger partial charge in [-0.3, -0.25) is 5.43 Å². The Hall–Kier alpha value is -3.82. The molecule has 1 N–H and O–H groups in total. The largest absolute Gasteiger partial charge is 0.493 e. The molecule has 0 atom stereocenters. The number of hydrogen-bond acceptors (Lipinski definition) is 6. The van der Waals surface area contributed by atoms with Gasteiger partial charge in [-0.2, -0.15) is 5.10 Å². The zero-order valence-corrected chi connectivity index (χ0v) is 14.7. The Morgan fingerprint density at radius 2 is 1.79 bits per heavy atom. The van der Waals surface area contributed by atoms with Crippen molar-refractivity contribution in [2.24, 2.45) is 5.10 Å². The minimum atomic E-state index is -1.61. The maximum Gasteiger partial charge on any atom is 0.379 e. The molecule has 0 saturated heterocycles. The van der Waals surface area contributed by atoms with E-state index in [0.717, 1.165) is 6.21 Å². The topological polar surface area (TPSA) is 73.1 Å². The molecule has 150 valence electrons. The lowest BCUT2D eigenvalue weighted by Crippen LogP contribution is -2.08. The molecule has 1 aromatic heterocycles. The summed E-state index contributed by atoms with van der Waals surface area (Å²) in [5.41, 5.74) is 1.21. The van der Waals surface area contributed by atoms with E-state index in [-0.39, 0.29) is 23.3 Å². The summed E-state index contributed by atoms with van der Waals surface area (Å²) in [7, 11) is 1.33. The maximum atomic E-state index is 13.6. The Bertz CT molecular complexity index is 1040. The summed E-state index contributed by atoms with van der Waals surface area (Å²) in [6.07, 6.45) is 2.43. The normalized spacial score (nSPS) is 10.9. The van der Waals surface area contributed by atoms with Crippen molar-refractivity contribution in [2.75, 3.05) is 12.5 Å². The third-order valence-electron chi connectivity index (χ3n) is 3.61. The van der Waals surface area contributed by atoms with Gasteiger partial charge < -0.3 is 13.9 Å². The molecule has 0 amide bonds. The average molecular weight is 408 g/mol. The fourth-order valence-corrected chi connectivity index (χ4v) is 2.24. The number of nitrogens with one attached hydrogen (secondary N) is 1. The molecule has 0 bridgehead atoms. The summed E-state index contributed by atoms with van der Waals surface area (Å²) >= 11 is 0. The van der Waals surface area contributed by atoms with Gasteiger partial charge in [0.25, 0.3) is 0 Å². The number of nitrogens with zero attached hydrogens (tertiary/aromatic N) is 1. The van der Waals surface area contributed by atoms with Gasteiger partial charge in [0, 0.05) is 6.07 Å². The second kappa shape index (κ2) is 8.46. The minimum Gasteiger partial charge on any atom is -0.493 e. The number of methoxy groups -OCH3 is 1. The number of ether oxygens (including phenoxy) is 2. The number of carbonyl (C=O) groups excluding carboxylic acids is 1. The van der Waals surface area contributed by atoms with Crippen molar-refractivity contribution in [1.82, 2.24) is 0 Å². The molecule has 3 rings (SSSR count). The monoisotopic (exact) mass is 408 g/mol. The quantitative estimate of drug-likeness (QED) is 0.162. The van der Waals surface area contributed by atoms with E-state index in [1.165, 1.54) is 43.7 Å². The van der Waals surface area contributed by atoms with E-state index in [4.69, 9.17) is 13.9 Å². The van der Waals surface area contributed by atoms with Crippen LogP contribution in [-0.2, 0) is 0 Å². The molecule has 10 heteroatoms. The van der Waals surface area contributed by atoms with Gasteiger partial charge in [0.2, 0.25) is 5.76 Å². The number of hydrogen-bond donors (Lipinski definition) is 1. The van der Waals surface area contributed by atoms with Crippen molar-refractivity contribution in [3.05, 3.63) is 77.3 Å². The first-order valence-electron chi connectivity index (χ1n) is 7.96. The van der Waals surface area contributed by atoms with E-state index in [1.807, 2.05) is 5.43 Å². The van der Waals surface area contributed by atoms with Crippen LogP contribution in [0.2, 0.25) is 0 Å². The van der Waals surface area contributed by atoms with Crippen LogP contribution in [0.25, 0.3) is 0 Å². The van der Waals surface area contributed by atoms with Crippen LogP contribution in [0, 0.1) is 23.3 Å². The Kier molecular flexibility index (Phi) is 5.82. The fourth-order valence-electron chi connectivity index (χ4n) is 2.24. The highest BCUT2D eigenvalue weighted by atomic mass is 19.2. The van der Waals surface area contributed by atoms with E-state index in [2.05, 4.69) is 5.10 Å². The molecule has 0 aliphatic heterocycles. The summed E-state index contributed by atoms with van der Waals surface area (Å²) in [6, 6.07) is 7.30. The standard InChI is InChI=1S/C19H12F4N2O4/c1-27-15-7-10(4-5-13(15)29-19(26)14-3-2-6-28-14)9-24-25-18-16(22)11(20)8-12(21)17(18)23/h2-9,25H,1H3. The first-order chi connectivity index (χ1) is 13.9. The molecule has 0 aliphatic rings. The zero-order valence-electron chi connectivity index (χ0n) is 14.7. The van der Waals surface area contributed by atoms with Crippen LogP contribution in [0.5, 0.6) is 11.5 Å². The van der Waals surface area contributed by atoms with Gasteiger partial charge >= 0.3 is 5.97 Å². The van der Waals surface area contributed by atoms with E-state index in [9.17, 15) is 22.4 Å². The number of furan rings is 1. The Balaban J connectivity index is 1.76. The maximum absolute atomic E-state index is 13.6. The number of halogens is 4. The van der Waals surface area contributed by atoms with Crippen LogP contribution in [0.4, 0.5) is 23.2 Å². The second-order valence-electron chi connectivity index (χ2n) is 5.49. The van der Waals surface area contributed by atoms with Gasteiger partial charge in [0.1, 0.15) is 5.69 Å². The van der Waals surface area contributed by atoms with Crippen LogP contribution >= 0.6 is 0 Å². The predicted molar refractivity (Wildman–Crippen MR) is 94.2 cm³/mol. The highest BCUT2D eigenvalue weighted by molar-refractivity contribution is 5.89. The van der Waals surface area contributed by atoms with Gasteiger partial charge in [-0.15, -0.1) is 0 Å². The summed E-state index contributed by atoms with van der Waals surface area (Å²) in [4.78, 5) is 11.9. The molecule has 2 aromatic carbocycles. The van der Waals surface area contributed by atoms with E-state index >= 15 is 0 Å². The van der Waals surface area contributed by atoms with Gasteiger partial charge in [-0.25, -0.2) is 22.4 Å². The molecule has 0 unspecified atom stereocenters. The summed E-state index contributed by atoms with van der Waals surface area (Å²) in [5.74, 6) is -6.86. The minimum absolute atomic E-state index is 0.00623. The Morgan fingerprint density at radius 3 is 2.41 bits per heavy atom. The Morgan fingerprint density at radius 1 is 1.07 bits per heavy atom. The number of esters is 1. The zero-order chi connectivity index (χ0) is 21.0. The number of benzene rings is 2. The van der Waals surface area contributed by atoms with Gasteiger partial charge in [0.05, 0.1) is 19.6 Å². The molecule has 1 heterocycles. The molecular weight excluding hydrogens is 396 g/mol. The number of rotatable bonds is 6. The van der Waals surface area contributed by atoms with Crippen molar-refractivity contribution >= 4 is 17.9 Å². The second-order valence-corrected chi connectivity index (χ2v) is 5.49. The SMILES string of the molecule is COc1cc(C=NNc2c(F)c(F)cc(F)c2F)ccc1OC(=O)c1ccco1. The molecule has 0 aliphatic carbocycles. The molecule has 29 heavy (non-hydrogen) atoms. The lowest BCUT2D eigenvalue weighted by molar-refractivity contribution is 0.0696. The van der Waals surface area contributed by atoms with Crippen LogP contribution in [-0.4, -0.2) is 19.3 Å². The molecule has 3 aromatic rings. The molecule has 0 saturated carbocycles. The van der Waals surface area contributed by atoms with E-state index in [0.29, 0.717) is 5.56 Å². The van der Waals surface area contributed by atoms with Crippen LogP contribution in [0.3, 0.4) is 0 Å². The average Bonchev–Trinajstić information content (AvgIpc) is 3.25. The smallest absolute Gasteiger partial charge is 0.379 e. The van der Waals surface area contributed by atoms with Crippen LogP contribution in [0.15, 0.2) is 52.2 Å². The lowest BCUT2D eigenvalue weighted by Gasteiger charge is -2.09. The van der Waals surface area contributed by atoms with Crippen molar-refractivity contribution < 1.29 is 36.2 Å². The summed E-state index contributed by atoms with van der Waals surface area (Å²) in [6.45, 7) is 0. The number of carbonyl (C=O) groups is 1. The molecule has 0 spiro atoms. The lowest BCUT2D eigenvalue weighted by atomic mass is 10.2. The van der Waals surface area contributed by atoms with Crippen molar-refractivity contribution in [3.63, 3.8) is 0 Å². The molecule has 0 radical (unpaired) electrons. The van der Waals surface area contributed by atoms with Crippen LogP contribution < -0.4 is 14.9 Å². The summed E-state index contributed by atoms with van der Waals surface area (Å²) in [5, 5.41) is 3.56. The highest BCUT2D eigenvalue weighted by Crippen LogP contribution is 2.29. The van der Waals surface area contributed by atoms with E-state index < -0.39 is 34.9 Å². The first-order valence-corrected chi connectivity index (χ1v) is 7.96. The van der Waals surface area contributed by atoms with Crippen LogP contribution in [0.1, 0.15) is 16.1 Å². The number of anilines is 1. The van der Waals surface area contributed by atoms with Crippen molar-refractivity contribution in [1.29, 1.82) is 0 Å². The van der Waals surface area contributed by atoms with Gasteiger partial charge in [-0.05, 0) is 35.9 Å². The van der Waals surface area contributed by atoms with Gasteiger partial charge in [-0.1, -0.05) is 0 Å². The fraction of sp³-hybridized carbons (Fsp3) is 0.0526. The van der Waals surface area contributed by atoms with Crippen molar-refractivity contribution in [3.8, 4) is 11.5 Å². The van der Waals surface area contributed by atoms with Gasteiger partial charge in [0.15, 0.2) is 34.8 Å². The van der Waals surface area contributed by atoms with E-state index in [1.54, 1.807) is 0 Å². The molecule has 0 fully saturated rings.